The highest BCUT2D eigenvalue weighted by molar-refractivity contribution is 6.03. The Hall–Kier alpha value is -4.15. The van der Waals surface area contributed by atoms with E-state index in [0.29, 0.717) is 41.2 Å². The summed E-state index contributed by atoms with van der Waals surface area (Å²) in [6.45, 7) is 12.7. The van der Waals surface area contributed by atoms with Gasteiger partial charge in [-0.15, -0.1) is 0 Å². The van der Waals surface area contributed by atoms with Crippen molar-refractivity contribution >= 4 is 11.6 Å². The van der Waals surface area contributed by atoms with Crippen LogP contribution in [0, 0.1) is 12.7 Å². The zero-order valence-corrected chi connectivity index (χ0v) is 27.8. The molecule has 0 atom stereocenters. The second-order valence-electron chi connectivity index (χ2n) is 12.7. The molecule has 1 aliphatic carbocycles. The van der Waals surface area contributed by atoms with Crippen molar-refractivity contribution in [3.63, 3.8) is 0 Å². The Bertz CT molecular complexity index is 1700. The van der Waals surface area contributed by atoms with Gasteiger partial charge in [0.05, 0.1) is 35.0 Å². The summed E-state index contributed by atoms with van der Waals surface area (Å²) >= 11 is 0. The smallest absolute Gasteiger partial charge is 0.416 e. The molecule has 11 heteroatoms. The van der Waals surface area contributed by atoms with Gasteiger partial charge in [-0.3, -0.25) is 9.78 Å². The highest BCUT2D eigenvalue weighted by atomic mass is 19.4. The minimum Gasteiger partial charge on any atom is -0.494 e. The topological polar surface area (TPSA) is 42.4 Å². The van der Waals surface area contributed by atoms with Crippen LogP contribution >= 0.6 is 0 Å². The van der Waals surface area contributed by atoms with E-state index in [4.69, 9.17) is 9.72 Å². The van der Waals surface area contributed by atoms with Gasteiger partial charge in [0.25, 0.3) is 0 Å². The van der Waals surface area contributed by atoms with E-state index in [9.17, 15) is 35.5 Å². The molecule has 258 valence electrons. The summed E-state index contributed by atoms with van der Waals surface area (Å²) < 4.78 is 102. The summed E-state index contributed by atoms with van der Waals surface area (Å²) in [5.41, 5.74) is -0.255. The SMILES string of the molecule is C=C(OCC)C(C)=C1CCC(c2cc(-c3ccc(F)cc3C)c(N(C)C(=O)C(C)(C)c3cc(C(F)(F)F)cc(C(F)(F)F)c3)cn2)CC1. The third-order valence-electron chi connectivity index (χ3n) is 9.17. The summed E-state index contributed by atoms with van der Waals surface area (Å²) in [6.07, 6.45) is -5.46. The van der Waals surface area contributed by atoms with E-state index in [2.05, 4.69) is 6.58 Å². The molecule has 1 amide bonds. The Labute approximate surface area is 276 Å². The summed E-state index contributed by atoms with van der Waals surface area (Å²) in [7, 11) is 1.40. The fourth-order valence-corrected chi connectivity index (χ4v) is 6.18. The number of likely N-dealkylation sites (N-methyl/N-ethyl adjacent to an activating group) is 1. The average molecular weight is 677 g/mol. The lowest BCUT2D eigenvalue weighted by Gasteiger charge is -2.32. The molecule has 0 unspecified atom stereocenters. The summed E-state index contributed by atoms with van der Waals surface area (Å²) in [4.78, 5) is 19.9. The van der Waals surface area contributed by atoms with Gasteiger partial charge in [-0.05, 0) is 119 Å². The maximum atomic E-state index is 14.1. The number of benzene rings is 2. The Kier molecular flexibility index (Phi) is 10.5. The van der Waals surface area contributed by atoms with E-state index in [0.717, 1.165) is 37.0 Å². The number of carbonyl (C=O) groups is 1. The first-order valence-corrected chi connectivity index (χ1v) is 15.6. The molecule has 1 heterocycles. The van der Waals surface area contributed by atoms with Crippen molar-refractivity contribution in [3.8, 4) is 11.1 Å². The Balaban J connectivity index is 1.76. The van der Waals surface area contributed by atoms with Crippen LogP contribution in [0.5, 0.6) is 0 Å². The Morgan fingerprint density at radius 2 is 1.50 bits per heavy atom. The molecule has 0 saturated heterocycles. The molecule has 2 aromatic carbocycles. The number of ether oxygens (including phenoxy) is 1. The third kappa shape index (κ3) is 7.76. The minimum absolute atomic E-state index is 0.0342. The molecule has 3 aromatic rings. The summed E-state index contributed by atoms with van der Waals surface area (Å²) in [5, 5.41) is 0. The summed E-state index contributed by atoms with van der Waals surface area (Å²) in [5.74, 6) is -0.502. The first kappa shape index (κ1) is 36.7. The van der Waals surface area contributed by atoms with Crippen LogP contribution in [0.3, 0.4) is 0 Å². The van der Waals surface area contributed by atoms with E-state index >= 15 is 0 Å². The van der Waals surface area contributed by atoms with Crippen molar-refractivity contribution < 1.29 is 40.3 Å². The van der Waals surface area contributed by atoms with Crippen LogP contribution in [-0.4, -0.2) is 24.5 Å². The molecule has 0 N–H and O–H groups in total. The molecule has 1 aromatic heterocycles. The van der Waals surface area contributed by atoms with Crippen molar-refractivity contribution in [2.45, 2.75) is 84.0 Å². The average Bonchev–Trinajstić information content (AvgIpc) is 3.02. The lowest BCUT2D eigenvalue weighted by Crippen LogP contribution is -2.42. The van der Waals surface area contributed by atoms with Gasteiger partial charge < -0.3 is 9.64 Å². The first-order chi connectivity index (χ1) is 22.2. The first-order valence-electron chi connectivity index (χ1n) is 15.6. The maximum Gasteiger partial charge on any atom is 0.416 e. The minimum atomic E-state index is -5.07. The number of aromatic nitrogens is 1. The molecule has 4 nitrogen and oxygen atoms in total. The number of rotatable bonds is 8. The van der Waals surface area contributed by atoms with Crippen molar-refractivity contribution in [3.05, 3.63) is 106 Å². The molecule has 0 bridgehead atoms. The van der Waals surface area contributed by atoms with Crippen LogP contribution in [0.2, 0.25) is 0 Å². The Morgan fingerprint density at radius 3 is 2.02 bits per heavy atom. The van der Waals surface area contributed by atoms with Crippen LogP contribution in [0.1, 0.15) is 87.2 Å². The number of halogens is 7. The number of nitrogens with zero attached hydrogens (tertiary/aromatic N) is 2. The van der Waals surface area contributed by atoms with Gasteiger partial charge in [-0.2, -0.15) is 26.3 Å². The van der Waals surface area contributed by atoms with Crippen LogP contribution in [0.4, 0.5) is 36.4 Å². The normalized spacial score (nSPS) is 15.7. The molecule has 4 rings (SSSR count). The second kappa shape index (κ2) is 13.8. The largest absolute Gasteiger partial charge is 0.494 e. The standard InChI is InChI=1S/C37H39F7N2O2/c1-8-48-23(4)22(3)24-9-11-25(12-10-24)32-19-31(30-14-13-29(38)15-21(30)2)33(20-45-32)46(7)34(47)35(5,6)26-16-27(36(39,40)41)18-28(17-26)37(42,43)44/h13-20,25H,4,8-12H2,1-3,5-7H3. The van der Waals surface area contributed by atoms with Crippen LogP contribution in [-0.2, 0) is 27.3 Å². The van der Waals surface area contributed by atoms with Gasteiger partial charge in [0.2, 0.25) is 5.91 Å². The fourth-order valence-electron chi connectivity index (χ4n) is 6.18. The number of hydrogen-bond donors (Lipinski definition) is 0. The molecule has 1 aliphatic rings. The van der Waals surface area contributed by atoms with E-state index in [1.165, 1.54) is 49.7 Å². The predicted octanol–water partition coefficient (Wildman–Crippen LogP) is 10.7. The third-order valence-corrected chi connectivity index (χ3v) is 9.17. The molecule has 0 radical (unpaired) electrons. The van der Waals surface area contributed by atoms with Crippen molar-refractivity contribution in [1.82, 2.24) is 4.98 Å². The number of aryl methyl sites for hydroxylation is 1. The van der Waals surface area contributed by atoms with Gasteiger partial charge in [0.1, 0.15) is 11.6 Å². The second-order valence-corrected chi connectivity index (χ2v) is 12.7. The highest BCUT2D eigenvalue weighted by Crippen LogP contribution is 2.43. The molecule has 1 fully saturated rings. The lowest BCUT2D eigenvalue weighted by molar-refractivity contribution is -0.143. The zero-order valence-electron chi connectivity index (χ0n) is 27.8. The number of hydrogen-bond acceptors (Lipinski definition) is 3. The van der Waals surface area contributed by atoms with Crippen molar-refractivity contribution in [1.29, 1.82) is 0 Å². The van der Waals surface area contributed by atoms with E-state index in [-0.39, 0.29) is 17.7 Å². The van der Waals surface area contributed by atoms with Gasteiger partial charge in [-0.25, -0.2) is 4.39 Å². The van der Waals surface area contributed by atoms with E-state index in [1.54, 1.807) is 13.0 Å². The molecular formula is C37H39F7N2O2. The number of amides is 1. The van der Waals surface area contributed by atoms with Gasteiger partial charge in [0, 0.05) is 24.2 Å². The Morgan fingerprint density at radius 1 is 0.938 bits per heavy atom. The number of carbonyl (C=O) groups excluding carboxylic acids is 1. The zero-order chi connectivity index (χ0) is 35.8. The van der Waals surface area contributed by atoms with E-state index in [1.807, 2.05) is 19.9 Å². The fraction of sp³-hybridized carbons (Fsp3) is 0.405. The number of alkyl halides is 6. The monoisotopic (exact) mass is 676 g/mol. The highest BCUT2D eigenvalue weighted by Gasteiger charge is 2.41. The maximum absolute atomic E-state index is 14.1. The number of pyridine rings is 1. The van der Waals surface area contributed by atoms with Gasteiger partial charge >= 0.3 is 12.4 Å². The van der Waals surface area contributed by atoms with Crippen molar-refractivity contribution in [2.24, 2.45) is 0 Å². The van der Waals surface area contributed by atoms with Crippen LogP contribution < -0.4 is 4.90 Å². The van der Waals surface area contributed by atoms with Crippen LogP contribution in [0.15, 0.2) is 72.1 Å². The molecule has 1 saturated carbocycles. The predicted molar refractivity (Wildman–Crippen MR) is 172 cm³/mol. The molecule has 0 spiro atoms. The van der Waals surface area contributed by atoms with Crippen LogP contribution in [0.25, 0.3) is 11.1 Å². The van der Waals surface area contributed by atoms with E-state index < -0.39 is 46.2 Å². The van der Waals surface area contributed by atoms with Gasteiger partial charge in [0.15, 0.2) is 0 Å². The molecule has 48 heavy (non-hydrogen) atoms. The molecule has 0 aliphatic heterocycles. The van der Waals surface area contributed by atoms with Gasteiger partial charge in [-0.1, -0.05) is 18.2 Å². The molecular weight excluding hydrogens is 637 g/mol. The summed E-state index contributed by atoms with van der Waals surface area (Å²) in [6, 6.07) is 7.22. The van der Waals surface area contributed by atoms with Crippen molar-refractivity contribution in [2.75, 3.05) is 18.6 Å². The number of anilines is 1. The quantitative estimate of drug-likeness (QED) is 0.176. The number of allylic oxidation sites excluding steroid dienone is 2. The lowest BCUT2D eigenvalue weighted by atomic mass is 9.80.